The van der Waals surface area contributed by atoms with E-state index in [9.17, 15) is 8.42 Å². The average Bonchev–Trinajstić information content (AvgIpc) is 2.26. The second-order valence-corrected chi connectivity index (χ2v) is 4.95. The fourth-order valence-corrected chi connectivity index (χ4v) is 2.13. The Labute approximate surface area is 105 Å². The van der Waals surface area contributed by atoms with Gasteiger partial charge in [0, 0.05) is 5.39 Å². The summed E-state index contributed by atoms with van der Waals surface area (Å²) in [6.07, 6.45) is 0. The van der Waals surface area contributed by atoms with Gasteiger partial charge in [0.2, 0.25) is 0 Å². The largest absolute Gasteiger partial charge is 0.425 e. The van der Waals surface area contributed by atoms with Gasteiger partial charge >= 0.3 is 10.6 Å². The van der Waals surface area contributed by atoms with Crippen molar-refractivity contribution in [1.82, 2.24) is 0 Å². The SMILES string of the molecule is O=S(=O)(O)c1cccc2ccccc12.O=S(=O)=O. The molecule has 0 fully saturated rings. The monoisotopic (exact) mass is 288 g/mol. The molecule has 0 atom stereocenters. The van der Waals surface area contributed by atoms with Gasteiger partial charge < -0.3 is 0 Å². The third-order valence-electron chi connectivity index (χ3n) is 2.03. The second-order valence-electron chi connectivity index (χ2n) is 3.16. The van der Waals surface area contributed by atoms with Crippen molar-refractivity contribution in [1.29, 1.82) is 0 Å². The molecule has 96 valence electrons. The van der Waals surface area contributed by atoms with E-state index in [1.54, 1.807) is 30.3 Å². The standard InChI is InChI=1S/C10H8O3S.O3S/c11-14(12,13)10-7-3-5-8-4-1-2-6-9(8)10;1-4(2)3/h1-7H,(H,11,12,13);. The van der Waals surface area contributed by atoms with Crippen LogP contribution < -0.4 is 0 Å². The van der Waals surface area contributed by atoms with Gasteiger partial charge in [-0.1, -0.05) is 36.4 Å². The maximum Gasteiger partial charge on any atom is 0.425 e. The Morgan fingerprint density at radius 3 is 1.94 bits per heavy atom. The lowest BCUT2D eigenvalue weighted by molar-refractivity contribution is 0.484. The molecule has 0 heterocycles. The molecule has 2 rings (SSSR count). The van der Waals surface area contributed by atoms with Crippen molar-refractivity contribution >= 4 is 31.5 Å². The lowest BCUT2D eigenvalue weighted by atomic mass is 10.1. The van der Waals surface area contributed by atoms with Crippen molar-refractivity contribution in [3.05, 3.63) is 42.5 Å². The Kier molecular flexibility index (Phi) is 4.54. The van der Waals surface area contributed by atoms with Gasteiger partial charge in [-0.2, -0.15) is 8.42 Å². The minimum Gasteiger partial charge on any atom is -0.282 e. The highest BCUT2D eigenvalue weighted by Crippen LogP contribution is 2.21. The predicted molar refractivity (Wildman–Crippen MR) is 63.5 cm³/mol. The summed E-state index contributed by atoms with van der Waals surface area (Å²) in [5.74, 6) is 0. The molecule has 2 aromatic carbocycles. The quantitative estimate of drug-likeness (QED) is 0.787. The normalized spacial score (nSPS) is 10.5. The molecule has 0 bridgehead atoms. The van der Waals surface area contributed by atoms with Gasteiger partial charge in [0.05, 0.1) is 0 Å². The summed E-state index contributed by atoms with van der Waals surface area (Å²) in [6, 6.07) is 11.8. The molecular weight excluding hydrogens is 280 g/mol. The molecule has 0 aliphatic heterocycles. The Balaban J connectivity index is 0.000000357. The van der Waals surface area contributed by atoms with Gasteiger partial charge in [-0.15, -0.1) is 12.6 Å². The van der Waals surface area contributed by atoms with Crippen molar-refractivity contribution < 1.29 is 25.6 Å². The van der Waals surface area contributed by atoms with Crippen LogP contribution in [0.1, 0.15) is 0 Å². The molecule has 0 radical (unpaired) electrons. The number of fused-ring (bicyclic) bond motifs is 1. The lowest BCUT2D eigenvalue weighted by Gasteiger charge is -2.02. The van der Waals surface area contributed by atoms with E-state index in [1.165, 1.54) is 6.07 Å². The van der Waals surface area contributed by atoms with Crippen LogP contribution in [0, 0.1) is 0 Å². The molecule has 6 nitrogen and oxygen atoms in total. The fraction of sp³-hybridized carbons (Fsp3) is 0. The summed E-state index contributed by atoms with van der Waals surface area (Å²) in [5, 5.41) is 1.33. The highest BCUT2D eigenvalue weighted by atomic mass is 32.2. The highest BCUT2D eigenvalue weighted by molar-refractivity contribution is 7.86. The first kappa shape index (κ1) is 14.3. The van der Waals surface area contributed by atoms with Crippen LogP contribution in [0.2, 0.25) is 0 Å². The van der Waals surface area contributed by atoms with Crippen LogP contribution in [0.15, 0.2) is 47.4 Å². The minimum atomic E-state index is -4.13. The Morgan fingerprint density at radius 1 is 0.889 bits per heavy atom. The van der Waals surface area contributed by atoms with Crippen LogP contribution in [0.4, 0.5) is 0 Å². The Hall–Kier alpha value is -1.77. The molecule has 0 unspecified atom stereocenters. The minimum absolute atomic E-state index is 0.0457. The van der Waals surface area contributed by atoms with E-state index in [1.807, 2.05) is 6.07 Å². The van der Waals surface area contributed by atoms with Gasteiger partial charge in [-0.05, 0) is 11.5 Å². The van der Waals surface area contributed by atoms with Crippen molar-refractivity contribution in [2.45, 2.75) is 4.90 Å². The van der Waals surface area contributed by atoms with Crippen LogP contribution in [0.3, 0.4) is 0 Å². The van der Waals surface area contributed by atoms with Crippen molar-refractivity contribution in [2.75, 3.05) is 0 Å². The fourth-order valence-electron chi connectivity index (χ4n) is 1.42. The van der Waals surface area contributed by atoms with E-state index in [2.05, 4.69) is 0 Å². The first-order valence-electron chi connectivity index (χ1n) is 4.54. The summed E-state index contributed by atoms with van der Waals surface area (Å²) in [6.45, 7) is 0. The summed E-state index contributed by atoms with van der Waals surface area (Å²) in [7, 11) is -7.24. The molecule has 8 heteroatoms. The molecule has 2 aromatic rings. The molecule has 0 saturated carbocycles. The highest BCUT2D eigenvalue weighted by Gasteiger charge is 2.12. The average molecular weight is 288 g/mol. The lowest BCUT2D eigenvalue weighted by Crippen LogP contribution is -1.98. The molecule has 18 heavy (non-hydrogen) atoms. The Morgan fingerprint density at radius 2 is 1.39 bits per heavy atom. The van der Waals surface area contributed by atoms with E-state index in [0.29, 0.717) is 5.39 Å². The zero-order valence-electron chi connectivity index (χ0n) is 8.85. The summed E-state index contributed by atoms with van der Waals surface area (Å²) in [5.41, 5.74) is 0. The van der Waals surface area contributed by atoms with Crippen LogP contribution in [0.25, 0.3) is 10.8 Å². The van der Waals surface area contributed by atoms with Gasteiger partial charge in [0.15, 0.2) is 0 Å². The van der Waals surface area contributed by atoms with Gasteiger partial charge in [-0.25, -0.2) is 0 Å². The van der Waals surface area contributed by atoms with Crippen LogP contribution >= 0.6 is 0 Å². The Bertz CT molecular complexity index is 750. The van der Waals surface area contributed by atoms with Crippen LogP contribution in [0.5, 0.6) is 0 Å². The van der Waals surface area contributed by atoms with Gasteiger partial charge in [0.25, 0.3) is 10.1 Å². The molecule has 0 amide bonds. The molecule has 1 N–H and O–H groups in total. The maximum atomic E-state index is 11.0. The second kappa shape index (κ2) is 5.71. The van der Waals surface area contributed by atoms with E-state index < -0.39 is 20.7 Å². The van der Waals surface area contributed by atoms with Crippen LogP contribution in [-0.4, -0.2) is 25.6 Å². The first-order valence-corrected chi connectivity index (χ1v) is 6.98. The predicted octanol–water partition coefficient (Wildman–Crippen LogP) is 1.08. The zero-order chi connectivity index (χ0) is 13.8. The van der Waals surface area contributed by atoms with Crippen molar-refractivity contribution in [3.63, 3.8) is 0 Å². The molecular formula is C10H8O6S2. The number of rotatable bonds is 1. The summed E-state index contributed by atoms with van der Waals surface area (Å²) >= 11 is 0. The maximum absolute atomic E-state index is 11.0. The van der Waals surface area contributed by atoms with E-state index in [0.717, 1.165) is 5.39 Å². The topological polar surface area (TPSA) is 106 Å². The molecule has 0 saturated heterocycles. The molecule has 0 spiro atoms. The van der Waals surface area contributed by atoms with Gasteiger partial charge in [0.1, 0.15) is 4.90 Å². The summed E-state index contributed by atoms with van der Waals surface area (Å²) < 4.78 is 56.3. The number of benzene rings is 2. The zero-order valence-corrected chi connectivity index (χ0v) is 10.5. The van der Waals surface area contributed by atoms with Crippen LogP contribution in [-0.2, 0) is 20.7 Å². The molecule has 0 aliphatic carbocycles. The molecule has 0 aliphatic rings. The van der Waals surface area contributed by atoms with Gasteiger partial charge in [-0.3, -0.25) is 4.55 Å². The van der Waals surface area contributed by atoms with Crippen molar-refractivity contribution in [3.8, 4) is 0 Å². The smallest absolute Gasteiger partial charge is 0.282 e. The van der Waals surface area contributed by atoms with E-state index >= 15 is 0 Å². The van der Waals surface area contributed by atoms with E-state index in [-0.39, 0.29) is 4.90 Å². The number of hydrogen-bond acceptors (Lipinski definition) is 5. The molecule has 0 aromatic heterocycles. The van der Waals surface area contributed by atoms with E-state index in [4.69, 9.17) is 17.2 Å². The summed E-state index contributed by atoms with van der Waals surface area (Å²) in [4.78, 5) is -0.0457. The third-order valence-corrected chi connectivity index (χ3v) is 2.94. The first-order chi connectivity index (χ1) is 8.32. The number of hydrogen-bond donors (Lipinski definition) is 1. The third kappa shape index (κ3) is 3.91. The van der Waals surface area contributed by atoms with Crippen molar-refractivity contribution in [2.24, 2.45) is 0 Å².